The summed E-state index contributed by atoms with van der Waals surface area (Å²) in [6.07, 6.45) is -3.23. The van der Waals surface area contributed by atoms with Gasteiger partial charge in [0.2, 0.25) is 5.82 Å². The third kappa shape index (κ3) is 4.30. The number of aromatic nitrogens is 3. The van der Waals surface area contributed by atoms with Gasteiger partial charge in [-0.2, -0.15) is 13.2 Å². The maximum absolute atomic E-state index is 13.2. The van der Waals surface area contributed by atoms with Crippen LogP contribution in [0.5, 0.6) is 0 Å². The Morgan fingerprint density at radius 3 is 2.81 bits per heavy atom. The molecular formula is C17H15ClF3N5O. The average Bonchev–Trinajstić information content (AvgIpc) is 2.97. The Kier molecular flexibility index (Phi) is 5.22. The summed E-state index contributed by atoms with van der Waals surface area (Å²) in [7, 11) is 0. The molecule has 1 aromatic carbocycles. The van der Waals surface area contributed by atoms with Gasteiger partial charge in [0, 0.05) is 30.0 Å². The third-order valence-corrected chi connectivity index (χ3v) is 4.06. The second-order valence-corrected chi connectivity index (χ2v) is 6.21. The number of nitrogens with one attached hydrogen (secondary N) is 2. The quantitative estimate of drug-likeness (QED) is 0.692. The van der Waals surface area contributed by atoms with Crippen LogP contribution in [-0.2, 0) is 12.7 Å². The zero-order valence-electron chi connectivity index (χ0n) is 14.1. The predicted octanol–water partition coefficient (Wildman–Crippen LogP) is 4.23. The molecular weight excluding hydrogens is 383 g/mol. The van der Waals surface area contributed by atoms with E-state index in [4.69, 9.17) is 11.6 Å². The van der Waals surface area contributed by atoms with Crippen LogP contribution >= 0.6 is 11.6 Å². The van der Waals surface area contributed by atoms with E-state index < -0.39 is 18.0 Å². The first-order chi connectivity index (χ1) is 12.8. The van der Waals surface area contributed by atoms with Gasteiger partial charge in [0.15, 0.2) is 5.65 Å². The molecule has 2 amide bonds. The summed E-state index contributed by atoms with van der Waals surface area (Å²) in [5, 5.41) is 5.60. The van der Waals surface area contributed by atoms with Gasteiger partial charge >= 0.3 is 12.2 Å². The maximum atomic E-state index is 13.2. The lowest BCUT2D eigenvalue weighted by Crippen LogP contribution is -2.32. The monoisotopic (exact) mass is 397 g/mol. The minimum atomic E-state index is -4.62. The fourth-order valence-corrected chi connectivity index (χ4v) is 2.74. The van der Waals surface area contributed by atoms with Gasteiger partial charge in [-0.25, -0.2) is 14.8 Å². The van der Waals surface area contributed by atoms with Crippen LogP contribution in [0.2, 0.25) is 5.02 Å². The number of carbonyl (C=O) groups is 1. The van der Waals surface area contributed by atoms with E-state index in [0.717, 1.165) is 10.1 Å². The molecule has 0 unspecified atom stereocenters. The standard InChI is InChI=1S/C17H15ClF3N5O/c1-10-4-5-11(18)9-13(10)25-16(27)23-7-8-26-14-12(3-2-6-22-14)24-15(26)17(19,20)21/h2-6,9H,7-8H2,1H3,(H2,23,25,27). The molecule has 0 bridgehead atoms. The third-order valence-electron chi connectivity index (χ3n) is 3.83. The van der Waals surface area contributed by atoms with Crippen molar-refractivity contribution in [3.05, 3.63) is 52.9 Å². The number of hydrogen-bond acceptors (Lipinski definition) is 3. The molecule has 0 aliphatic rings. The number of rotatable bonds is 4. The van der Waals surface area contributed by atoms with Crippen molar-refractivity contribution in [1.82, 2.24) is 19.9 Å². The van der Waals surface area contributed by atoms with Crippen LogP contribution in [0.25, 0.3) is 11.2 Å². The number of carbonyl (C=O) groups excluding carboxylic acids is 1. The highest BCUT2D eigenvalue weighted by molar-refractivity contribution is 6.31. The van der Waals surface area contributed by atoms with E-state index in [1.807, 2.05) is 0 Å². The Morgan fingerprint density at radius 2 is 2.07 bits per heavy atom. The molecule has 0 fully saturated rings. The van der Waals surface area contributed by atoms with E-state index >= 15 is 0 Å². The summed E-state index contributed by atoms with van der Waals surface area (Å²) in [5.41, 5.74) is 1.57. The van der Waals surface area contributed by atoms with Gasteiger partial charge in [-0.3, -0.25) is 0 Å². The van der Waals surface area contributed by atoms with E-state index in [0.29, 0.717) is 10.7 Å². The SMILES string of the molecule is Cc1ccc(Cl)cc1NC(=O)NCCn1c(C(F)(F)F)nc2cccnc21. The number of benzene rings is 1. The number of imidazole rings is 1. The zero-order chi connectivity index (χ0) is 19.6. The molecule has 0 saturated heterocycles. The maximum Gasteiger partial charge on any atom is 0.449 e. The number of halogens is 4. The van der Waals surface area contributed by atoms with E-state index in [2.05, 4.69) is 20.6 Å². The minimum Gasteiger partial charge on any atom is -0.336 e. The number of fused-ring (bicyclic) bond motifs is 1. The van der Waals surface area contributed by atoms with Crippen molar-refractivity contribution in [2.24, 2.45) is 0 Å². The molecule has 142 valence electrons. The lowest BCUT2D eigenvalue weighted by atomic mass is 10.2. The molecule has 0 saturated carbocycles. The lowest BCUT2D eigenvalue weighted by molar-refractivity contribution is -0.146. The summed E-state index contributed by atoms with van der Waals surface area (Å²) in [6.45, 7) is 1.62. The first kappa shape index (κ1) is 19.0. The Morgan fingerprint density at radius 1 is 1.30 bits per heavy atom. The molecule has 3 rings (SSSR count). The van der Waals surface area contributed by atoms with Crippen molar-refractivity contribution >= 4 is 34.5 Å². The first-order valence-corrected chi connectivity index (χ1v) is 8.33. The molecule has 27 heavy (non-hydrogen) atoms. The number of anilines is 1. The Balaban J connectivity index is 1.70. The minimum absolute atomic E-state index is 0.0451. The number of urea groups is 1. The Bertz CT molecular complexity index is 986. The van der Waals surface area contributed by atoms with Crippen molar-refractivity contribution < 1.29 is 18.0 Å². The largest absolute Gasteiger partial charge is 0.449 e. The Labute approximate surface area is 157 Å². The summed E-state index contributed by atoms with van der Waals surface area (Å²) in [4.78, 5) is 19.6. The molecule has 2 N–H and O–H groups in total. The summed E-state index contributed by atoms with van der Waals surface area (Å²) in [6, 6.07) is 7.44. The van der Waals surface area contributed by atoms with Gasteiger partial charge in [0.25, 0.3) is 0 Å². The van der Waals surface area contributed by atoms with Crippen LogP contribution in [0.4, 0.5) is 23.7 Å². The zero-order valence-corrected chi connectivity index (χ0v) is 14.9. The van der Waals surface area contributed by atoms with Crippen LogP contribution in [0.3, 0.4) is 0 Å². The van der Waals surface area contributed by atoms with Gasteiger partial charge in [-0.1, -0.05) is 17.7 Å². The number of aryl methyl sites for hydroxylation is 1. The van der Waals surface area contributed by atoms with Crippen LogP contribution < -0.4 is 10.6 Å². The number of alkyl halides is 3. The van der Waals surface area contributed by atoms with Crippen molar-refractivity contribution in [3.63, 3.8) is 0 Å². The van der Waals surface area contributed by atoms with E-state index in [-0.39, 0.29) is 24.3 Å². The van der Waals surface area contributed by atoms with Crippen LogP contribution in [0.1, 0.15) is 11.4 Å². The second kappa shape index (κ2) is 7.43. The Hall–Kier alpha value is -2.81. The summed E-state index contributed by atoms with van der Waals surface area (Å²) in [5.74, 6) is -1.05. The lowest BCUT2D eigenvalue weighted by Gasteiger charge is -2.13. The molecule has 2 aromatic heterocycles. The van der Waals surface area contributed by atoms with E-state index in [9.17, 15) is 18.0 Å². The van der Waals surface area contributed by atoms with Gasteiger partial charge in [-0.05, 0) is 36.8 Å². The van der Waals surface area contributed by atoms with Crippen molar-refractivity contribution in [1.29, 1.82) is 0 Å². The topological polar surface area (TPSA) is 71.8 Å². The van der Waals surface area contributed by atoms with Gasteiger partial charge in [0.05, 0.1) is 0 Å². The molecule has 0 aliphatic heterocycles. The number of amides is 2. The van der Waals surface area contributed by atoms with Gasteiger partial charge in [-0.15, -0.1) is 0 Å². The fourth-order valence-electron chi connectivity index (χ4n) is 2.56. The first-order valence-electron chi connectivity index (χ1n) is 7.95. The van der Waals surface area contributed by atoms with E-state index in [1.165, 1.54) is 18.3 Å². The average molecular weight is 398 g/mol. The molecule has 2 heterocycles. The number of nitrogens with zero attached hydrogens (tertiary/aromatic N) is 3. The molecule has 10 heteroatoms. The fraction of sp³-hybridized carbons (Fsp3) is 0.235. The smallest absolute Gasteiger partial charge is 0.336 e. The molecule has 0 spiro atoms. The highest BCUT2D eigenvalue weighted by atomic mass is 35.5. The van der Waals surface area contributed by atoms with Crippen LogP contribution in [0.15, 0.2) is 36.5 Å². The summed E-state index contributed by atoms with van der Waals surface area (Å²) < 4.78 is 40.6. The predicted molar refractivity (Wildman–Crippen MR) is 95.7 cm³/mol. The highest BCUT2D eigenvalue weighted by Gasteiger charge is 2.37. The molecule has 0 aliphatic carbocycles. The normalized spacial score (nSPS) is 11.6. The van der Waals surface area contributed by atoms with Crippen molar-refractivity contribution in [2.45, 2.75) is 19.6 Å². The number of pyridine rings is 1. The summed E-state index contributed by atoms with van der Waals surface area (Å²) >= 11 is 5.89. The molecule has 3 aromatic rings. The van der Waals surface area contributed by atoms with Crippen molar-refractivity contribution in [3.8, 4) is 0 Å². The van der Waals surface area contributed by atoms with Crippen molar-refractivity contribution in [2.75, 3.05) is 11.9 Å². The van der Waals surface area contributed by atoms with Gasteiger partial charge in [0.1, 0.15) is 5.52 Å². The molecule has 0 atom stereocenters. The number of hydrogen-bond donors (Lipinski definition) is 2. The molecule has 0 radical (unpaired) electrons. The van der Waals surface area contributed by atoms with Gasteiger partial charge < -0.3 is 15.2 Å². The van der Waals surface area contributed by atoms with E-state index in [1.54, 1.807) is 25.1 Å². The molecule has 6 nitrogen and oxygen atoms in total. The second-order valence-electron chi connectivity index (χ2n) is 5.77. The highest BCUT2D eigenvalue weighted by Crippen LogP contribution is 2.30. The van der Waals surface area contributed by atoms with Crippen LogP contribution in [-0.4, -0.2) is 27.1 Å². The van der Waals surface area contributed by atoms with Crippen LogP contribution in [0, 0.1) is 6.92 Å².